The molecule has 0 spiro atoms. The third-order valence-electron chi connectivity index (χ3n) is 4.40. The summed E-state index contributed by atoms with van der Waals surface area (Å²) in [5, 5.41) is 1.30. The van der Waals surface area contributed by atoms with Gasteiger partial charge in [-0.1, -0.05) is 24.6 Å². The lowest BCUT2D eigenvalue weighted by molar-refractivity contribution is 0.691. The van der Waals surface area contributed by atoms with Crippen LogP contribution in [0.15, 0.2) is 30.5 Å². The molecule has 0 bridgehead atoms. The van der Waals surface area contributed by atoms with Crippen LogP contribution < -0.4 is 0 Å². The fourth-order valence-electron chi connectivity index (χ4n) is 3.36. The average Bonchev–Trinajstić information content (AvgIpc) is 2.90. The number of hydrogen-bond acceptors (Lipinski definition) is 1. The first-order valence-corrected chi connectivity index (χ1v) is 9.33. The lowest BCUT2D eigenvalue weighted by Crippen LogP contribution is -2.03. The number of unbranched alkanes of at least 4 members (excludes halogenated alkanes) is 2. The number of para-hydroxylation sites is 1. The second kappa shape index (κ2) is 7.55. The van der Waals surface area contributed by atoms with Gasteiger partial charge in [0.2, 0.25) is 0 Å². The summed E-state index contributed by atoms with van der Waals surface area (Å²) in [6.07, 6.45) is 7.20. The van der Waals surface area contributed by atoms with Gasteiger partial charge in [-0.25, -0.2) is 4.98 Å². The van der Waals surface area contributed by atoms with Crippen LogP contribution in [0.1, 0.15) is 36.2 Å². The van der Waals surface area contributed by atoms with Crippen molar-refractivity contribution in [2.75, 3.05) is 11.8 Å². The Hall–Kier alpha value is -1.25. The Labute approximate surface area is 147 Å². The van der Waals surface area contributed by atoms with Crippen LogP contribution in [0.25, 0.3) is 16.4 Å². The van der Waals surface area contributed by atoms with Gasteiger partial charge in [-0.3, -0.25) is 4.40 Å². The average molecular weight is 349 g/mol. The SMILES string of the molecule is Cc1cnc(CCCCCCl)n2c1c(CCCl)c1ccccc12. The molecule has 0 aliphatic carbocycles. The molecule has 2 nitrogen and oxygen atoms in total. The minimum absolute atomic E-state index is 0.635. The van der Waals surface area contributed by atoms with E-state index in [4.69, 9.17) is 28.2 Å². The zero-order valence-corrected chi connectivity index (χ0v) is 15.0. The molecule has 0 fully saturated rings. The van der Waals surface area contributed by atoms with Crippen molar-refractivity contribution in [1.29, 1.82) is 0 Å². The maximum Gasteiger partial charge on any atom is 0.113 e. The summed E-state index contributed by atoms with van der Waals surface area (Å²) in [7, 11) is 0. The molecule has 1 aromatic carbocycles. The highest BCUT2D eigenvalue weighted by molar-refractivity contribution is 6.18. The zero-order chi connectivity index (χ0) is 16.2. The van der Waals surface area contributed by atoms with Gasteiger partial charge >= 0.3 is 0 Å². The second-order valence-electron chi connectivity index (χ2n) is 5.98. The highest BCUT2D eigenvalue weighted by Gasteiger charge is 2.16. The van der Waals surface area contributed by atoms with Gasteiger partial charge in [0.1, 0.15) is 5.82 Å². The van der Waals surface area contributed by atoms with Crippen molar-refractivity contribution < 1.29 is 0 Å². The smallest absolute Gasteiger partial charge is 0.113 e. The van der Waals surface area contributed by atoms with Gasteiger partial charge in [-0.2, -0.15) is 0 Å². The van der Waals surface area contributed by atoms with Crippen LogP contribution in [-0.2, 0) is 12.8 Å². The molecule has 3 aromatic rings. The minimum Gasteiger partial charge on any atom is -0.297 e. The molecule has 0 saturated heterocycles. The van der Waals surface area contributed by atoms with Crippen molar-refractivity contribution in [3.8, 4) is 0 Å². The largest absolute Gasteiger partial charge is 0.297 e. The molecule has 0 radical (unpaired) electrons. The van der Waals surface area contributed by atoms with E-state index in [1.54, 1.807) is 0 Å². The number of aromatic nitrogens is 2. The highest BCUT2D eigenvalue weighted by Crippen LogP contribution is 2.30. The monoisotopic (exact) mass is 348 g/mol. The maximum absolute atomic E-state index is 6.07. The van der Waals surface area contributed by atoms with E-state index in [0.717, 1.165) is 43.8 Å². The van der Waals surface area contributed by atoms with Gasteiger partial charge in [0.05, 0.1) is 11.0 Å². The zero-order valence-electron chi connectivity index (χ0n) is 13.5. The van der Waals surface area contributed by atoms with E-state index in [0.29, 0.717) is 5.88 Å². The van der Waals surface area contributed by atoms with Gasteiger partial charge in [-0.15, -0.1) is 23.2 Å². The van der Waals surface area contributed by atoms with Gasteiger partial charge in [0, 0.05) is 29.8 Å². The molecule has 0 atom stereocenters. The summed E-state index contributed by atoms with van der Waals surface area (Å²) < 4.78 is 2.34. The van der Waals surface area contributed by atoms with Crippen molar-refractivity contribution >= 4 is 39.6 Å². The van der Waals surface area contributed by atoms with Crippen molar-refractivity contribution in [2.45, 2.75) is 39.0 Å². The predicted molar refractivity (Wildman–Crippen MR) is 100 cm³/mol. The lowest BCUT2D eigenvalue weighted by Gasteiger charge is -2.09. The topological polar surface area (TPSA) is 17.3 Å². The third-order valence-corrected chi connectivity index (χ3v) is 4.85. The summed E-state index contributed by atoms with van der Waals surface area (Å²) in [5.41, 5.74) is 5.09. The quantitative estimate of drug-likeness (QED) is 0.405. The van der Waals surface area contributed by atoms with E-state index >= 15 is 0 Å². The van der Waals surface area contributed by atoms with Gasteiger partial charge in [0.25, 0.3) is 0 Å². The van der Waals surface area contributed by atoms with Crippen molar-refractivity contribution in [3.63, 3.8) is 0 Å². The van der Waals surface area contributed by atoms with E-state index in [1.807, 2.05) is 6.20 Å². The van der Waals surface area contributed by atoms with Crippen LogP contribution in [0.4, 0.5) is 0 Å². The molecule has 0 N–H and O–H groups in total. The molecular weight excluding hydrogens is 327 g/mol. The second-order valence-corrected chi connectivity index (χ2v) is 6.73. The molecular formula is C19H22Cl2N2. The molecule has 0 amide bonds. The molecule has 0 saturated carbocycles. The summed E-state index contributed by atoms with van der Waals surface area (Å²) in [5.74, 6) is 2.51. The Bertz CT molecular complexity index is 808. The Balaban J connectivity index is 2.15. The van der Waals surface area contributed by atoms with Gasteiger partial charge < -0.3 is 0 Å². The van der Waals surface area contributed by atoms with E-state index in [2.05, 4.69) is 35.6 Å². The molecule has 2 heterocycles. The Morgan fingerprint density at radius 2 is 1.83 bits per heavy atom. The van der Waals surface area contributed by atoms with E-state index in [-0.39, 0.29) is 0 Å². The number of rotatable bonds is 7. The molecule has 23 heavy (non-hydrogen) atoms. The van der Waals surface area contributed by atoms with Crippen LogP contribution in [0.2, 0.25) is 0 Å². The number of nitrogens with zero attached hydrogens (tertiary/aromatic N) is 2. The first kappa shape index (κ1) is 16.6. The number of aryl methyl sites for hydroxylation is 3. The van der Waals surface area contributed by atoms with Crippen LogP contribution in [-0.4, -0.2) is 21.1 Å². The summed E-state index contributed by atoms with van der Waals surface area (Å²) >= 11 is 11.8. The maximum atomic E-state index is 6.07. The Kier molecular flexibility index (Phi) is 5.45. The first-order chi connectivity index (χ1) is 11.3. The molecule has 0 unspecified atom stereocenters. The fourth-order valence-corrected chi connectivity index (χ4v) is 3.74. The Morgan fingerprint density at radius 1 is 1.00 bits per heavy atom. The number of hydrogen-bond donors (Lipinski definition) is 0. The Morgan fingerprint density at radius 3 is 2.61 bits per heavy atom. The van der Waals surface area contributed by atoms with Gasteiger partial charge in [-0.05, 0) is 43.4 Å². The number of fused-ring (bicyclic) bond motifs is 3. The molecule has 122 valence electrons. The molecule has 3 rings (SSSR count). The van der Waals surface area contributed by atoms with Crippen LogP contribution in [0, 0.1) is 6.92 Å². The fraction of sp³-hybridized carbons (Fsp3) is 0.421. The molecule has 0 aliphatic rings. The molecule has 0 aliphatic heterocycles. The van der Waals surface area contributed by atoms with E-state index < -0.39 is 0 Å². The first-order valence-electron chi connectivity index (χ1n) is 8.26. The number of benzene rings is 1. The van der Waals surface area contributed by atoms with Crippen LogP contribution in [0.3, 0.4) is 0 Å². The van der Waals surface area contributed by atoms with E-state index in [9.17, 15) is 0 Å². The highest BCUT2D eigenvalue weighted by atomic mass is 35.5. The van der Waals surface area contributed by atoms with Crippen LogP contribution in [0.5, 0.6) is 0 Å². The van der Waals surface area contributed by atoms with Crippen LogP contribution >= 0.6 is 23.2 Å². The number of alkyl halides is 2. The standard InChI is InChI=1S/C19H22Cl2N2/c1-14-13-22-18(9-3-2-6-11-20)23-17-8-5-4-7-15(17)16(10-12-21)19(14)23/h4-5,7-8,13H,2-3,6,9-12H2,1H3. The summed E-state index contributed by atoms with van der Waals surface area (Å²) in [6.45, 7) is 2.14. The number of halogens is 2. The van der Waals surface area contributed by atoms with Crippen molar-refractivity contribution in [2.24, 2.45) is 0 Å². The van der Waals surface area contributed by atoms with Crippen molar-refractivity contribution in [1.82, 2.24) is 9.38 Å². The normalized spacial score (nSPS) is 11.6. The predicted octanol–water partition coefficient (Wildman–Crippen LogP) is 5.53. The molecule has 4 heteroatoms. The van der Waals surface area contributed by atoms with E-state index in [1.165, 1.54) is 27.5 Å². The third kappa shape index (κ3) is 3.20. The lowest BCUT2D eigenvalue weighted by atomic mass is 10.1. The minimum atomic E-state index is 0.635. The van der Waals surface area contributed by atoms with Crippen molar-refractivity contribution in [3.05, 3.63) is 47.4 Å². The van der Waals surface area contributed by atoms with Gasteiger partial charge in [0.15, 0.2) is 0 Å². The summed E-state index contributed by atoms with van der Waals surface area (Å²) in [6, 6.07) is 8.58. The molecule has 2 aromatic heterocycles. The summed E-state index contributed by atoms with van der Waals surface area (Å²) in [4.78, 5) is 4.72.